The Kier molecular flexibility index (Phi) is 6.40. The Bertz CT molecular complexity index is 261. The first-order valence-corrected chi connectivity index (χ1v) is 7.01. The summed E-state index contributed by atoms with van der Waals surface area (Å²) in [5.74, 6) is 0. The molecule has 15 heavy (non-hydrogen) atoms. The number of unbranched alkanes of at least 4 members (excludes halogenated alkanes) is 3. The molecule has 5 heteroatoms. The van der Waals surface area contributed by atoms with Gasteiger partial charge < -0.3 is 5.11 Å². The van der Waals surface area contributed by atoms with Crippen LogP contribution in [0.2, 0.25) is 0 Å². The van der Waals surface area contributed by atoms with Crippen molar-refractivity contribution in [2.24, 2.45) is 0 Å². The van der Waals surface area contributed by atoms with Gasteiger partial charge in [-0.15, -0.1) is 0 Å². The topological polar surface area (TPSA) is 74.6 Å². The summed E-state index contributed by atoms with van der Waals surface area (Å²) in [7, 11) is -4.36. The van der Waals surface area contributed by atoms with Gasteiger partial charge in [-0.05, 0) is 19.3 Å². The lowest BCUT2D eigenvalue weighted by atomic mass is 10.1. The summed E-state index contributed by atoms with van der Waals surface area (Å²) in [6.07, 6.45) is 4.34. The van der Waals surface area contributed by atoms with Gasteiger partial charge in [0, 0.05) is 0 Å². The molecule has 0 fully saturated rings. The lowest BCUT2D eigenvalue weighted by Crippen LogP contribution is -2.38. The van der Waals surface area contributed by atoms with Crippen LogP contribution >= 0.6 is 0 Å². The zero-order valence-corrected chi connectivity index (χ0v) is 10.4. The van der Waals surface area contributed by atoms with Crippen molar-refractivity contribution in [2.45, 2.75) is 63.7 Å². The summed E-state index contributed by atoms with van der Waals surface area (Å²) in [5, 5.41) is 9.81. The van der Waals surface area contributed by atoms with E-state index < -0.39 is 15.1 Å². The van der Waals surface area contributed by atoms with Gasteiger partial charge in [-0.3, -0.25) is 4.55 Å². The minimum absolute atomic E-state index is 0.0952. The Hall–Kier alpha value is -0.130. The van der Waals surface area contributed by atoms with Gasteiger partial charge in [0.2, 0.25) is 0 Å². The van der Waals surface area contributed by atoms with Crippen molar-refractivity contribution in [1.82, 2.24) is 0 Å². The largest absolute Gasteiger partial charge is 0.372 e. The summed E-state index contributed by atoms with van der Waals surface area (Å²) < 4.78 is 31.0. The van der Waals surface area contributed by atoms with Gasteiger partial charge in [-0.2, -0.15) is 8.42 Å². The van der Waals surface area contributed by atoms with Crippen LogP contribution in [-0.2, 0) is 10.1 Å². The Labute approximate surface area is 92.4 Å². The first-order valence-electron chi connectivity index (χ1n) is 5.56. The fourth-order valence-electron chi connectivity index (χ4n) is 1.60. The minimum atomic E-state index is -4.36. The molecule has 0 aliphatic carbocycles. The smallest absolute Gasteiger partial charge is 0.294 e. The highest BCUT2D eigenvalue weighted by atomic mass is 32.2. The maximum atomic E-state index is 11.0. The van der Waals surface area contributed by atoms with Crippen LogP contribution in [0.1, 0.15) is 58.8 Å². The molecule has 0 aliphatic heterocycles. The normalized spacial score (nSPS) is 16.3. The summed E-state index contributed by atoms with van der Waals surface area (Å²) in [6.45, 7) is 3.84. The third-order valence-corrected chi connectivity index (χ3v) is 3.91. The van der Waals surface area contributed by atoms with Crippen molar-refractivity contribution in [3.63, 3.8) is 0 Å². The van der Waals surface area contributed by atoms with E-state index in [1.54, 1.807) is 6.92 Å². The van der Waals surface area contributed by atoms with E-state index in [4.69, 9.17) is 4.55 Å². The van der Waals surface area contributed by atoms with E-state index >= 15 is 0 Å². The average Bonchev–Trinajstić information content (AvgIpc) is 2.11. The zero-order chi connectivity index (χ0) is 11.9. The Morgan fingerprint density at radius 2 is 1.60 bits per heavy atom. The fourth-order valence-corrected chi connectivity index (χ4v) is 2.47. The van der Waals surface area contributed by atoms with Gasteiger partial charge >= 0.3 is 0 Å². The lowest BCUT2D eigenvalue weighted by molar-refractivity contribution is 0.0907. The van der Waals surface area contributed by atoms with Crippen LogP contribution in [0.4, 0.5) is 0 Å². The van der Waals surface area contributed by atoms with Crippen molar-refractivity contribution in [3.05, 3.63) is 0 Å². The Morgan fingerprint density at radius 1 is 1.00 bits per heavy atom. The second-order valence-electron chi connectivity index (χ2n) is 3.98. The van der Waals surface area contributed by atoms with Gasteiger partial charge in [-0.1, -0.05) is 39.5 Å². The molecular formula is C10H22O4S. The maximum Gasteiger partial charge on any atom is 0.294 e. The molecule has 2 N–H and O–H groups in total. The van der Waals surface area contributed by atoms with Crippen molar-refractivity contribution in [1.29, 1.82) is 0 Å². The average molecular weight is 238 g/mol. The molecule has 4 nitrogen and oxygen atoms in total. The molecule has 0 aromatic heterocycles. The predicted octanol–water partition coefficient (Wildman–Crippen LogP) is 2.33. The molecule has 0 rings (SSSR count). The van der Waals surface area contributed by atoms with Crippen LogP contribution in [0.3, 0.4) is 0 Å². The van der Waals surface area contributed by atoms with Crippen molar-refractivity contribution < 1.29 is 18.1 Å². The summed E-state index contributed by atoms with van der Waals surface area (Å²) in [5.41, 5.74) is 0. The number of aliphatic hydroxyl groups is 1. The molecule has 0 saturated carbocycles. The van der Waals surface area contributed by atoms with Gasteiger partial charge in [0.05, 0.1) is 0 Å². The van der Waals surface area contributed by atoms with Crippen LogP contribution in [0.15, 0.2) is 0 Å². The van der Waals surface area contributed by atoms with Crippen LogP contribution in [0.25, 0.3) is 0 Å². The van der Waals surface area contributed by atoms with Gasteiger partial charge in [-0.25, -0.2) is 0 Å². The Morgan fingerprint density at radius 3 is 2.00 bits per heavy atom. The van der Waals surface area contributed by atoms with Crippen molar-refractivity contribution in [2.75, 3.05) is 0 Å². The molecule has 0 radical (unpaired) electrons. The minimum Gasteiger partial charge on any atom is -0.372 e. The van der Waals surface area contributed by atoms with Crippen molar-refractivity contribution in [3.8, 4) is 0 Å². The molecule has 0 bridgehead atoms. The van der Waals surface area contributed by atoms with Crippen LogP contribution in [0, 0.1) is 0 Å². The van der Waals surface area contributed by atoms with E-state index in [1.807, 2.05) is 0 Å². The summed E-state index contributed by atoms with van der Waals surface area (Å²) in [6, 6.07) is 0. The second-order valence-corrected chi connectivity index (χ2v) is 5.69. The standard InChI is InChI=1S/C10H22O4S/c1-3-5-6-7-9-10(11,8-4-2)15(12,13)14/h11H,3-9H2,1-2H3,(H,12,13,14). The van der Waals surface area contributed by atoms with E-state index in [-0.39, 0.29) is 12.8 Å². The highest BCUT2D eigenvalue weighted by Crippen LogP contribution is 2.26. The molecule has 0 aromatic rings. The highest BCUT2D eigenvalue weighted by Gasteiger charge is 2.38. The molecule has 92 valence electrons. The number of hydrogen-bond acceptors (Lipinski definition) is 3. The highest BCUT2D eigenvalue weighted by molar-refractivity contribution is 7.87. The second kappa shape index (κ2) is 6.45. The van der Waals surface area contributed by atoms with Gasteiger partial charge in [0.25, 0.3) is 10.1 Å². The molecule has 0 saturated heterocycles. The molecule has 1 unspecified atom stereocenters. The molecule has 0 aromatic carbocycles. The SMILES string of the molecule is CCCCCCC(O)(CCC)S(=O)(=O)O. The third kappa shape index (κ3) is 4.95. The predicted molar refractivity (Wildman–Crippen MR) is 60.2 cm³/mol. The van der Waals surface area contributed by atoms with E-state index in [2.05, 4.69) is 6.92 Å². The van der Waals surface area contributed by atoms with E-state index in [0.29, 0.717) is 12.8 Å². The van der Waals surface area contributed by atoms with E-state index in [9.17, 15) is 13.5 Å². The van der Waals surface area contributed by atoms with Crippen LogP contribution < -0.4 is 0 Å². The summed E-state index contributed by atoms with van der Waals surface area (Å²) in [4.78, 5) is -1.94. The fraction of sp³-hybridized carbons (Fsp3) is 1.00. The van der Waals surface area contributed by atoms with E-state index in [0.717, 1.165) is 19.3 Å². The maximum absolute atomic E-state index is 11.0. The van der Waals surface area contributed by atoms with Gasteiger partial charge in [0.15, 0.2) is 4.93 Å². The third-order valence-electron chi connectivity index (χ3n) is 2.54. The zero-order valence-electron chi connectivity index (χ0n) is 9.57. The van der Waals surface area contributed by atoms with Gasteiger partial charge in [0.1, 0.15) is 0 Å². The monoisotopic (exact) mass is 238 g/mol. The lowest BCUT2D eigenvalue weighted by Gasteiger charge is -2.24. The quantitative estimate of drug-likeness (QED) is 0.503. The Balaban J connectivity index is 4.28. The first-order chi connectivity index (χ1) is 6.87. The van der Waals surface area contributed by atoms with Crippen molar-refractivity contribution >= 4 is 10.1 Å². The molecular weight excluding hydrogens is 216 g/mol. The molecule has 1 atom stereocenters. The van der Waals surface area contributed by atoms with Crippen LogP contribution in [0.5, 0.6) is 0 Å². The molecule has 0 heterocycles. The first kappa shape index (κ1) is 14.9. The van der Waals surface area contributed by atoms with Crippen LogP contribution in [-0.4, -0.2) is 23.0 Å². The molecule has 0 spiro atoms. The molecule has 0 amide bonds. The van der Waals surface area contributed by atoms with E-state index in [1.165, 1.54) is 0 Å². The number of rotatable bonds is 8. The summed E-state index contributed by atoms with van der Waals surface area (Å²) >= 11 is 0. The molecule has 0 aliphatic rings. The number of hydrogen-bond donors (Lipinski definition) is 2.